The van der Waals surface area contributed by atoms with Gasteiger partial charge in [0.2, 0.25) is 0 Å². The van der Waals surface area contributed by atoms with Crippen LogP contribution in [0.5, 0.6) is 0 Å². The first-order valence-electron chi connectivity index (χ1n) is 26.0. The number of carbonyl (C=O) groups excluding carboxylic acids is 1. The number of hydrogen-bond donors (Lipinski definition) is 0. The van der Waals surface area contributed by atoms with Crippen LogP contribution in [-0.4, -0.2) is 56.6 Å². The zero-order valence-corrected chi connectivity index (χ0v) is 39.8. The molecule has 0 aromatic heterocycles. The SMILES string of the molecule is CCCCCC(CCCCC)CCCCCCCCCCCC1(CCCCCCCCCCOC(=O)CC(CCCCC)CCCCC)OCC(CCN(C)C)O1. The summed E-state index contributed by atoms with van der Waals surface area (Å²) in [4.78, 5) is 14.8. The minimum absolute atomic E-state index is 0.0374. The fourth-order valence-corrected chi connectivity index (χ4v) is 9.16. The summed E-state index contributed by atoms with van der Waals surface area (Å²) in [5, 5.41) is 0. The summed E-state index contributed by atoms with van der Waals surface area (Å²) in [6, 6.07) is 0. The highest BCUT2D eigenvalue weighted by Gasteiger charge is 2.40. The fraction of sp³-hybridized carbons (Fsp3) is 0.981. The van der Waals surface area contributed by atoms with Crippen molar-refractivity contribution in [2.75, 3.05) is 33.9 Å². The topological polar surface area (TPSA) is 48.0 Å². The van der Waals surface area contributed by atoms with Gasteiger partial charge in [0.25, 0.3) is 0 Å². The first-order chi connectivity index (χ1) is 27.9. The average molecular weight is 806 g/mol. The summed E-state index contributed by atoms with van der Waals surface area (Å²) >= 11 is 0. The molecule has 0 aromatic carbocycles. The van der Waals surface area contributed by atoms with Gasteiger partial charge in [0, 0.05) is 25.8 Å². The Hall–Kier alpha value is -0.650. The maximum atomic E-state index is 12.5. The van der Waals surface area contributed by atoms with Crippen molar-refractivity contribution in [2.45, 2.75) is 284 Å². The van der Waals surface area contributed by atoms with E-state index in [1.807, 2.05) is 0 Å². The number of carbonyl (C=O) groups is 1. The number of ether oxygens (including phenoxy) is 3. The van der Waals surface area contributed by atoms with Gasteiger partial charge in [0.15, 0.2) is 5.79 Å². The van der Waals surface area contributed by atoms with E-state index in [0.717, 1.165) is 44.8 Å². The molecule has 0 bridgehead atoms. The van der Waals surface area contributed by atoms with Crippen LogP contribution in [0, 0.1) is 11.8 Å². The van der Waals surface area contributed by atoms with Crippen molar-refractivity contribution in [2.24, 2.45) is 11.8 Å². The highest BCUT2D eigenvalue weighted by atomic mass is 16.7. The third kappa shape index (κ3) is 32.8. The molecule has 0 saturated carbocycles. The first-order valence-corrected chi connectivity index (χ1v) is 26.0. The van der Waals surface area contributed by atoms with Crippen LogP contribution in [0.25, 0.3) is 0 Å². The van der Waals surface area contributed by atoms with Crippen molar-refractivity contribution >= 4 is 5.97 Å². The Morgan fingerprint density at radius 3 is 1.37 bits per heavy atom. The van der Waals surface area contributed by atoms with E-state index in [0.29, 0.717) is 18.9 Å². The van der Waals surface area contributed by atoms with Gasteiger partial charge in [-0.3, -0.25) is 4.79 Å². The predicted molar refractivity (Wildman–Crippen MR) is 248 cm³/mol. The highest BCUT2D eigenvalue weighted by molar-refractivity contribution is 5.69. The molecule has 57 heavy (non-hydrogen) atoms. The van der Waals surface area contributed by atoms with Gasteiger partial charge in [0.1, 0.15) is 0 Å². The second kappa shape index (κ2) is 39.5. The van der Waals surface area contributed by atoms with Crippen LogP contribution in [0.4, 0.5) is 0 Å². The highest BCUT2D eigenvalue weighted by Crippen LogP contribution is 2.36. The smallest absolute Gasteiger partial charge is 0.306 e. The summed E-state index contributed by atoms with van der Waals surface area (Å²) in [6.45, 7) is 11.6. The van der Waals surface area contributed by atoms with Gasteiger partial charge in [-0.1, -0.05) is 214 Å². The largest absolute Gasteiger partial charge is 0.466 e. The van der Waals surface area contributed by atoms with Crippen LogP contribution in [0.1, 0.15) is 272 Å². The van der Waals surface area contributed by atoms with Gasteiger partial charge >= 0.3 is 5.97 Å². The van der Waals surface area contributed by atoms with Gasteiger partial charge < -0.3 is 19.1 Å². The Labute approximate surface area is 358 Å². The lowest BCUT2D eigenvalue weighted by Crippen LogP contribution is -2.31. The second-order valence-corrected chi connectivity index (χ2v) is 19.0. The molecule has 1 saturated heterocycles. The molecule has 1 aliphatic heterocycles. The summed E-state index contributed by atoms with van der Waals surface area (Å²) in [5.74, 6) is 1.21. The van der Waals surface area contributed by atoms with E-state index in [2.05, 4.69) is 46.7 Å². The maximum Gasteiger partial charge on any atom is 0.306 e. The van der Waals surface area contributed by atoms with Crippen LogP contribution >= 0.6 is 0 Å². The zero-order chi connectivity index (χ0) is 41.5. The minimum atomic E-state index is -0.343. The van der Waals surface area contributed by atoms with Crippen LogP contribution < -0.4 is 0 Å². The molecule has 0 radical (unpaired) electrons. The molecule has 0 aliphatic carbocycles. The summed E-state index contributed by atoms with van der Waals surface area (Å²) in [7, 11) is 4.30. The van der Waals surface area contributed by atoms with Crippen LogP contribution in [0.2, 0.25) is 0 Å². The molecule has 0 spiro atoms. The van der Waals surface area contributed by atoms with Crippen molar-refractivity contribution in [3.63, 3.8) is 0 Å². The number of unbranched alkanes of at least 4 members (excludes halogenated alkanes) is 23. The summed E-state index contributed by atoms with van der Waals surface area (Å²) < 4.78 is 18.9. The minimum Gasteiger partial charge on any atom is -0.466 e. The van der Waals surface area contributed by atoms with E-state index in [1.165, 1.54) is 212 Å². The van der Waals surface area contributed by atoms with Crippen molar-refractivity contribution in [3.8, 4) is 0 Å². The van der Waals surface area contributed by atoms with E-state index in [9.17, 15) is 4.79 Å². The third-order valence-corrected chi connectivity index (χ3v) is 13.0. The second-order valence-electron chi connectivity index (χ2n) is 19.0. The number of rotatable bonds is 44. The molecule has 0 amide bonds. The van der Waals surface area contributed by atoms with Crippen molar-refractivity contribution in [1.82, 2.24) is 4.90 Å². The number of esters is 1. The van der Waals surface area contributed by atoms with Crippen LogP contribution in [0.15, 0.2) is 0 Å². The van der Waals surface area contributed by atoms with E-state index in [1.54, 1.807) is 0 Å². The van der Waals surface area contributed by atoms with Crippen molar-refractivity contribution in [1.29, 1.82) is 0 Å². The first kappa shape index (κ1) is 54.4. The molecule has 0 N–H and O–H groups in total. The molecule has 2 atom stereocenters. The molecule has 1 heterocycles. The number of hydrogen-bond acceptors (Lipinski definition) is 5. The van der Waals surface area contributed by atoms with Gasteiger partial charge in [-0.25, -0.2) is 0 Å². The molecular weight excluding hydrogens is 703 g/mol. The molecule has 2 unspecified atom stereocenters. The Morgan fingerprint density at radius 2 is 0.930 bits per heavy atom. The Bertz CT molecular complexity index is 830. The van der Waals surface area contributed by atoms with Crippen LogP contribution in [0.3, 0.4) is 0 Å². The lowest BCUT2D eigenvalue weighted by Gasteiger charge is -2.29. The van der Waals surface area contributed by atoms with Gasteiger partial charge in [-0.15, -0.1) is 0 Å². The Balaban J connectivity index is 2.21. The van der Waals surface area contributed by atoms with Gasteiger partial charge in [-0.05, 0) is 64.5 Å². The lowest BCUT2D eigenvalue weighted by molar-refractivity contribution is -0.180. The van der Waals surface area contributed by atoms with E-state index in [-0.39, 0.29) is 17.9 Å². The standard InChI is InChI=1S/C52H103NO4/c1-7-11-28-36-48(37-29-12-8-2)38-32-24-20-16-15-17-21-25-33-42-52(56-47-50(57-52)41-44-53(5)6)43-34-26-22-18-19-23-27-35-45-55-51(54)46-49(39-30-13-9-3)40-31-14-10-4/h48-50H,7-47H2,1-6H3. The normalized spacial score (nSPS) is 17.2. The Kier molecular flexibility index (Phi) is 37.7. The molecule has 5 heteroatoms. The van der Waals surface area contributed by atoms with Gasteiger partial charge in [0.05, 0.1) is 19.3 Å². The lowest BCUT2D eigenvalue weighted by atomic mass is 9.90. The van der Waals surface area contributed by atoms with E-state index >= 15 is 0 Å². The fourth-order valence-electron chi connectivity index (χ4n) is 9.16. The molecule has 1 rings (SSSR count). The third-order valence-electron chi connectivity index (χ3n) is 13.0. The molecule has 1 aliphatic rings. The average Bonchev–Trinajstić information content (AvgIpc) is 3.61. The summed E-state index contributed by atoms with van der Waals surface area (Å²) in [5.41, 5.74) is 0. The monoisotopic (exact) mass is 806 g/mol. The number of nitrogens with zero attached hydrogens (tertiary/aromatic N) is 1. The van der Waals surface area contributed by atoms with Crippen LogP contribution in [-0.2, 0) is 19.0 Å². The predicted octanol–water partition coefficient (Wildman–Crippen LogP) is 16.3. The van der Waals surface area contributed by atoms with Gasteiger partial charge in [-0.2, -0.15) is 0 Å². The van der Waals surface area contributed by atoms with Crippen molar-refractivity contribution < 1.29 is 19.0 Å². The molecule has 5 nitrogen and oxygen atoms in total. The summed E-state index contributed by atoms with van der Waals surface area (Å²) in [6.07, 6.45) is 49.1. The molecule has 0 aromatic rings. The quantitative estimate of drug-likeness (QED) is 0.0453. The molecule has 1 fully saturated rings. The zero-order valence-electron chi connectivity index (χ0n) is 39.8. The van der Waals surface area contributed by atoms with E-state index < -0.39 is 0 Å². The van der Waals surface area contributed by atoms with E-state index in [4.69, 9.17) is 14.2 Å². The maximum absolute atomic E-state index is 12.5. The van der Waals surface area contributed by atoms with Crippen molar-refractivity contribution in [3.05, 3.63) is 0 Å². The molecule has 340 valence electrons. The Morgan fingerprint density at radius 1 is 0.544 bits per heavy atom. The molecular formula is C52H103NO4.